The Kier molecular flexibility index (Phi) is 5.77. The fourth-order valence-corrected chi connectivity index (χ4v) is 3.34. The lowest BCUT2D eigenvalue weighted by Crippen LogP contribution is -2.23. The van der Waals surface area contributed by atoms with Gasteiger partial charge in [-0.25, -0.2) is 4.98 Å². The summed E-state index contributed by atoms with van der Waals surface area (Å²) in [4.78, 5) is 29.6. The first-order valence-electron chi connectivity index (χ1n) is 8.19. The first kappa shape index (κ1) is 17.8. The van der Waals surface area contributed by atoms with Crippen LogP contribution in [0.4, 0.5) is 0 Å². The Hall–Kier alpha value is -2.98. The third kappa shape index (κ3) is 4.35. The predicted molar refractivity (Wildman–Crippen MR) is 98.7 cm³/mol. The monoisotopic (exact) mass is 367 g/mol. The fraction of sp³-hybridized carbons (Fsp3) is 0.263. The predicted octanol–water partition coefficient (Wildman–Crippen LogP) is 2.77. The highest BCUT2D eigenvalue weighted by molar-refractivity contribution is 7.09. The van der Waals surface area contributed by atoms with Crippen LogP contribution in [-0.4, -0.2) is 22.1 Å². The Morgan fingerprint density at radius 2 is 2.15 bits per heavy atom. The van der Waals surface area contributed by atoms with Gasteiger partial charge in [0.25, 0.3) is 5.56 Å². The molecule has 3 rings (SSSR count). The van der Waals surface area contributed by atoms with Crippen molar-refractivity contribution in [2.45, 2.75) is 19.4 Å². The number of thiophene rings is 1. The highest BCUT2D eigenvalue weighted by Crippen LogP contribution is 2.14. The summed E-state index contributed by atoms with van der Waals surface area (Å²) in [6, 6.07) is 13.1. The van der Waals surface area contributed by atoms with Gasteiger partial charge >= 0.3 is 5.97 Å². The second-order valence-electron chi connectivity index (χ2n) is 5.80. The van der Waals surface area contributed by atoms with Gasteiger partial charge in [0.15, 0.2) is 0 Å². The molecule has 0 spiro atoms. The summed E-state index contributed by atoms with van der Waals surface area (Å²) < 4.78 is 6.60. The van der Waals surface area contributed by atoms with Crippen molar-refractivity contribution in [1.29, 1.82) is 5.26 Å². The smallest absolute Gasteiger partial charge is 0.307 e. The number of ether oxygens (including phenoxy) is 1. The van der Waals surface area contributed by atoms with Gasteiger partial charge in [0.2, 0.25) is 0 Å². The van der Waals surface area contributed by atoms with E-state index in [-0.39, 0.29) is 31.0 Å². The van der Waals surface area contributed by atoms with Gasteiger partial charge in [-0.2, -0.15) is 5.26 Å². The van der Waals surface area contributed by atoms with E-state index < -0.39 is 5.97 Å². The summed E-state index contributed by atoms with van der Waals surface area (Å²) in [6.07, 6.45) is 2.05. The van der Waals surface area contributed by atoms with Crippen molar-refractivity contribution >= 4 is 28.2 Å². The van der Waals surface area contributed by atoms with Crippen molar-refractivity contribution in [3.05, 3.63) is 63.3 Å². The third-order valence-corrected chi connectivity index (χ3v) is 4.84. The van der Waals surface area contributed by atoms with E-state index in [2.05, 4.69) is 11.1 Å². The first-order chi connectivity index (χ1) is 12.7. The van der Waals surface area contributed by atoms with E-state index in [0.717, 1.165) is 4.88 Å². The molecule has 0 unspecified atom stereocenters. The second-order valence-corrected chi connectivity index (χ2v) is 6.84. The Morgan fingerprint density at radius 1 is 1.31 bits per heavy atom. The summed E-state index contributed by atoms with van der Waals surface area (Å²) >= 11 is 1.57. The van der Waals surface area contributed by atoms with Gasteiger partial charge in [0.05, 0.1) is 35.6 Å². The number of aromatic nitrogens is 2. The number of nitriles is 1. The lowest BCUT2D eigenvalue weighted by Gasteiger charge is -2.10. The number of nitrogens with zero attached hydrogens (tertiary/aromatic N) is 3. The van der Waals surface area contributed by atoms with Gasteiger partial charge in [0.1, 0.15) is 6.61 Å². The number of hydrogen-bond donors (Lipinski definition) is 0. The minimum Gasteiger partial charge on any atom is -0.464 e. The molecule has 0 aliphatic heterocycles. The van der Waals surface area contributed by atoms with Gasteiger partial charge in [-0.1, -0.05) is 18.2 Å². The summed E-state index contributed by atoms with van der Waals surface area (Å²) in [5.41, 5.74) is 0.442. The minimum atomic E-state index is -0.434. The van der Waals surface area contributed by atoms with E-state index in [1.54, 1.807) is 29.5 Å². The van der Waals surface area contributed by atoms with Gasteiger partial charge in [-0.3, -0.25) is 14.2 Å². The molecule has 0 N–H and O–H groups in total. The topological polar surface area (TPSA) is 85.0 Å². The van der Waals surface area contributed by atoms with Crippen molar-refractivity contribution < 1.29 is 9.53 Å². The maximum absolute atomic E-state index is 12.4. The molecule has 2 aromatic heterocycles. The molecule has 1 aromatic carbocycles. The lowest BCUT2D eigenvalue weighted by molar-refractivity contribution is -0.144. The van der Waals surface area contributed by atoms with Crippen LogP contribution in [-0.2, 0) is 22.5 Å². The summed E-state index contributed by atoms with van der Waals surface area (Å²) in [5.74, 6) is -0.806. The Labute approximate surface area is 154 Å². The molecular weight excluding hydrogens is 350 g/mol. The highest BCUT2D eigenvalue weighted by atomic mass is 32.1. The molecule has 7 heteroatoms. The molecule has 0 aliphatic carbocycles. The van der Waals surface area contributed by atoms with Crippen LogP contribution in [0.3, 0.4) is 0 Å². The standard InChI is InChI=1S/C19H17N3O3S/c20-11-14(10-15-4-3-9-26-15)12-25-18(23)7-8-22-13-21-17-6-2-1-5-16(17)19(22)24/h1-6,9,13-14H,7-8,10,12H2/t14-/m1/s1. The van der Waals surface area contributed by atoms with Crippen molar-refractivity contribution in [3.63, 3.8) is 0 Å². The zero-order valence-corrected chi connectivity index (χ0v) is 14.8. The average molecular weight is 367 g/mol. The van der Waals surface area contributed by atoms with Gasteiger partial charge < -0.3 is 4.74 Å². The summed E-state index contributed by atoms with van der Waals surface area (Å²) in [7, 11) is 0. The molecule has 0 saturated carbocycles. The number of fused-ring (bicyclic) bond motifs is 1. The zero-order valence-electron chi connectivity index (χ0n) is 14.0. The van der Waals surface area contributed by atoms with Crippen LogP contribution in [0.1, 0.15) is 11.3 Å². The van der Waals surface area contributed by atoms with Crippen molar-refractivity contribution in [2.75, 3.05) is 6.61 Å². The van der Waals surface area contributed by atoms with E-state index in [4.69, 9.17) is 4.74 Å². The van der Waals surface area contributed by atoms with E-state index in [1.807, 2.05) is 23.6 Å². The van der Waals surface area contributed by atoms with Crippen LogP contribution in [0, 0.1) is 17.2 Å². The Bertz CT molecular complexity index is 989. The second kappa shape index (κ2) is 8.41. The van der Waals surface area contributed by atoms with Crippen LogP contribution in [0.15, 0.2) is 52.9 Å². The molecule has 0 aliphatic rings. The third-order valence-electron chi connectivity index (χ3n) is 3.94. The largest absolute Gasteiger partial charge is 0.464 e. The van der Waals surface area contributed by atoms with Crippen LogP contribution < -0.4 is 5.56 Å². The van der Waals surface area contributed by atoms with Crippen LogP contribution in [0.2, 0.25) is 0 Å². The molecule has 1 atom stereocenters. The lowest BCUT2D eigenvalue weighted by atomic mass is 10.1. The molecule has 6 nitrogen and oxygen atoms in total. The normalized spacial score (nSPS) is 11.8. The number of carbonyl (C=O) groups excluding carboxylic acids is 1. The van der Waals surface area contributed by atoms with E-state index in [9.17, 15) is 14.9 Å². The van der Waals surface area contributed by atoms with Gasteiger partial charge in [0, 0.05) is 17.8 Å². The maximum Gasteiger partial charge on any atom is 0.307 e. The molecule has 0 bridgehead atoms. The van der Waals surface area contributed by atoms with Gasteiger partial charge in [-0.05, 0) is 23.6 Å². The number of rotatable bonds is 7. The first-order valence-corrected chi connectivity index (χ1v) is 9.07. The number of aryl methyl sites for hydroxylation is 1. The molecule has 26 heavy (non-hydrogen) atoms. The number of para-hydroxylation sites is 1. The number of hydrogen-bond acceptors (Lipinski definition) is 6. The molecule has 3 aromatic rings. The molecule has 0 amide bonds. The average Bonchev–Trinajstić information content (AvgIpc) is 3.18. The molecule has 0 fully saturated rings. The van der Waals surface area contributed by atoms with Gasteiger partial charge in [-0.15, -0.1) is 11.3 Å². The fourth-order valence-electron chi connectivity index (χ4n) is 2.56. The Balaban J connectivity index is 1.53. The van der Waals surface area contributed by atoms with E-state index >= 15 is 0 Å². The van der Waals surface area contributed by atoms with Crippen molar-refractivity contribution in [2.24, 2.45) is 5.92 Å². The quantitative estimate of drug-likeness (QED) is 0.600. The molecule has 132 valence electrons. The number of benzene rings is 1. The molecule has 0 radical (unpaired) electrons. The summed E-state index contributed by atoms with van der Waals surface area (Å²) in [5, 5.41) is 11.7. The minimum absolute atomic E-state index is 0.0527. The zero-order chi connectivity index (χ0) is 18.4. The summed E-state index contributed by atoms with van der Waals surface area (Å²) in [6.45, 7) is 0.246. The maximum atomic E-state index is 12.4. The van der Waals surface area contributed by atoms with Crippen molar-refractivity contribution in [3.8, 4) is 6.07 Å². The van der Waals surface area contributed by atoms with E-state index in [1.165, 1.54) is 10.9 Å². The van der Waals surface area contributed by atoms with Crippen LogP contribution in [0.25, 0.3) is 10.9 Å². The number of carbonyl (C=O) groups is 1. The number of esters is 1. The Morgan fingerprint density at radius 3 is 2.92 bits per heavy atom. The molecule has 2 heterocycles. The van der Waals surface area contributed by atoms with E-state index in [0.29, 0.717) is 17.3 Å². The van der Waals surface area contributed by atoms with Crippen LogP contribution >= 0.6 is 11.3 Å². The SMILES string of the molecule is N#C[C@H](COC(=O)CCn1cnc2ccccc2c1=O)Cc1cccs1. The molecule has 0 saturated heterocycles. The van der Waals surface area contributed by atoms with Crippen molar-refractivity contribution in [1.82, 2.24) is 9.55 Å². The highest BCUT2D eigenvalue weighted by Gasteiger charge is 2.13. The van der Waals surface area contributed by atoms with Crippen LogP contribution in [0.5, 0.6) is 0 Å². The molecular formula is C19H17N3O3S.